The molecule has 0 saturated heterocycles. The average Bonchev–Trinajstić information content (AvgIpc) is 2.46. The maximum Gasteiger partial charge on any atom is 0.322 e. The van der Waals surface area contributed by atoms with Gasteiger partial charge in [-0.1, -0.05) is 48.5 Å². The summed E-state index contributed by atoms with van der Waals surface area (Å²) >= 11 is 3.19. The first kappa shape index (κ1) is 21.4. The van der Waals surface area contributed by atoms with Crippen molar-refractivity contribution in [3.63, 3.8) is 0 Å². The van der Waals surface area contributed by atoms with Crippen molar-refractivity contribution in [2.24, 2.45) is 5.41 Å². The lowest BCUT2D eigenvalue weighted by molar-refractivity contribution is -0.166. The third kappa shape index (κ3) is 8.13. The fraction of sp³-hybridized carbons (Fsp3) is 0.875. The Morgan fingerprint density at radius 1 is 1.00 bits per heavy atom. The van der Waals surface area contributed by atoms with E-state index in [0.29, 0.717) is 6.61 Å². The fourth-order valence-corrected chi connectivity index (χ4v) is 1.72. The van der Waals surface area contributed by atoms with E-state index < -0.39 is 28.3 Å². The summed E-state index contributed by atoms with van der Waals surface area (Å²) in [6.45, 7) is 6.67. The standard InChI is InChI=1S/C16H29BrO5/c1-5-6-7-8-9-10-21-14(20)16(4,11-18)12-22-13(19)15(2,3)17/h18H,5-12H2,1-4H3. The zero-order valence-corrected chi connectivity index (χ0v) is 15.7. The molecule has 0 rings (SSSR count). The van der Waals surface area contributed by atoms with Gasteiger partial charge < -0.3 is 14.6 Å². The van der Waals surface area contributed by atoms with Gasteiger partial charge in [-0.05, 0) is 27.2 Å². The van der Waals surface area contributed by atoms with Gasteiger partial charge in [0.25, 0.3) is 0 Å². The maximum atomic E-state index is 12.1. The Labute approximate surface area is 141 Å². The monoisotopic (exact) mass is 380 g/mol. The van der Waals surface area contributed by atoms with Gasteiger partial charge >= 0.3 is 11.9 Å². The first-order chi connectivity index (χ1) is 10.2. The van der Waals surface area contributed by atoms with E-state index in [1.165, 1.54) is 13.3 Å². The minimum atomic E-state index is -1.22. The number of esters is 2. The SMILES string of the molecule is CCCCCCCOC(=O)C(C)(CO)COC(=O)C(C)(C)Br. The molecule has 0 fully saturated rings. The Morgan fingerprint density at radius 3 is 2.09 bits per heavy atom. The topological polar surface area (TPSA) is 72.8 Å². The molecule has 0 aliphatic rings. The summed E-state index contributed by atoms with van der Waals surface area (Å²) in [5.74, 6) is -1.02. The molecule has 1 atom stereocenters. The largest absolute Gasteiger partial charge is 0.465 e. The predicted octanol–water partition coefficient (Wildman–Crippen LogP) is 3.22. The third-order valence-corrected chi connectivity index (χ3v) is 3.65. The highest BCUT2D eigenvalue weighted by atomic mass is 79.9. The van der Waals surface area contributed by atoms with Crippen molar-refractivity contribution < 1.29 is 24.2 Å². The van der Waals surface area contributed by atoms with Crippen LogP contribution >= 0.6 is 15.9 Å². The Bertz CT molecular complexity index is 351. The summed E-state index contributed by atoms with van der Waals surface area (Å²) in [4.78, 5) is 23.8. The number of unbranched alkanes of at least 4 members (excludes halogenated alkanes) is 4. The number of aliphatic hydroxyl groups is 1. The molecular weight excluding hydrogens is 352 g/mol. The van der Waals surface area contributed by atoms with Gasteiger partial charge in [0.15, 0.2) is 0 Å². The first-order valence-corrected chi connectivity index (χ1v) is 8.61. The molecule has 6 heteroatoms. The number of aliphatic hydroxyl groups excluding tert-OH is 1. The summed E-state index contributed by atoms with van der Waals surface area (Å²) in [5.41, 5.74) is -1.22. The molecule has 1 unspecified atom stereocenters. The normalized spacial score (nSPS) is 14.3. The van der Waals surface area contributed by atoms with Crippen molar-refractivity contribution in [2.45, 2.75) is 64.1 Å². The predicted molar refractivity (Wildman–Crippen MR) is 88.9 cm³/mol. The summed E-state index contributed by atoms with van der Waals surface area (Å²) in [6.07, 6.45) is 5.30. The number of hydrogen-bond acceptors (Lipinski definition) is 5. The molecule has 0 spiro atoms. The van der Waals surface area contributed by atoms with Crippen LogP contribution in [0.1, 0.15) is 59.8 Å². The van der Waals surface area contributed by atoms with Crippen LogP contribution in [0.5, 0.6) is 0 Å². The molecule has 0 aromatic heterocycles. The van der Waals surface area contributed by atoms with Crippen LogP contribution in [0, 0.1) is 5.41 Å². The second-order valence-electron chi connectivity index (χ2n) is 6.32. The smallest absolute Gasteiger partial charge is 0.322 e. The highest BCUT2D eigenvalue weighted by Crippen LogP contribution is 2.23. The molecule has 0 aromatic carbocycles. The number of carbonyl (C=O) groups is 2. The van der Waals surface area contributed by atoms with Crippen molar-refractivity contribution in [1.29, 1.82) is 0 Å². The van der Waals surface area contributed by atoms with Crippen LogP contribution in [0.3, 0.4) is 0 Å². The number of carbonyl (C=O) groups excluding carboxylic acids is 2. The third-order valence-electron chi connectivity index (χ3n) is 3.33. The molecule has 1 N–H and O–H groups in total. The van der Waals surface area contributed by atoms with Crippen LogP contribution in [-0.4, -0.2) is 41.2 Å². The molecular formula is C16H29BrO5. The van der Waals surface area contributed by atoms with Crippen LogP contribution in [-0.2, 0) is 19.1 Å². The van der Waals surface area contributed by atoms with E-state index in [0.717, 1.165) is 25.7 Å². The van der Waals surface area contributed by atoms with Crippen molar-refractivity contribution in [3.8, 4) is 0 Å². The van der Waals surface area contributed by atoms with Crippen molar-refractivity contribution >= 4 is 27.9 Å². The van der Waals surface area contributed by atoms with Gasteiger partial charge in [-0.2, -0.15) is 0 Å². The Balaban J connectivity index is 4.23. The van der Waals surface area contributed by atoms with Crippen LogP contribution in [0.15, 0.2) is 0 Å². The van der Waals surface area contributed by atoms with Crippen molar-refractivity contribution in [3.05, 3.63) is 0 Å². The molecule has 22 heavy (non-hydrogen) atoms. The second-order valence-corrected chi connectivity index (χ2v) is 8.30. The summed E-state index contributed by atoms with van der Waals surface area (Å²) in [5, 5.41) is 9.44. The van der Waals surface area contributed by atoms with Crippen LogP contribution in [0.25, 0.3) is 0 Å². The van der Waals surface area contributed by atoms with Gasteiger partial charge in [0, 0.05) is 0 Å². The van der Waals surface area contributed by atoms with Gasteiger partial charge in [-0.15, -0.1) is 0 Å². The van der Waals surface area contributed by atoms with Gasteiger partial charge in [-0.3, -0.25) is 9.59 Å². The van der Waals surface area contributed by atoms with Crippen LogP contribution in [0.2, 0.25) is 0 Å². The van der Waals surface area contributed by atoms with Gasteiger partial charge in [0.2, 0.25) is 0 Å². The Morgan fingerprint density at radius 2 is 1.59 bits per heavy atom. The van der Waals surface area contributed by atoms with Crippen molar-refractivity contribution in [2.75, 3.05) is 19.8 Å². The Hall–Kier alpha value is -0.620. The molecule has 0 radical (unpaired) electrons. The fourth-order valence-electron chi connectivity index (χ4n) is 1.61. The summed E-state index contributed by atoms with van der Waals surface area (Å²) < 4.78 is 9.46. The second kappa shape index (κ2) is 10.2. The molecule has 0 aliphatic carbocycles. The number of rotatable bonds is 11. The number of ether oxygens (including phenoxy) is 2. The number of alkyl halides is 1. The molecule has 0 amide bonds. The van der Waals surface area contributed by atoms with E-state index in [2.05, 4.69) is 22.9 Å². The van der Waals surface area contributed by atoms with Gasteiger partial charge in [0.05, 0.1) is 13.2 Å². The van der Waals surface area contributed by atoms with E-state index >= 15 is 0 Å². The van der Waals surface area contributed by atoms with E-state index in [1.807, 2.05) is 0 Å². The Kier molecular flexibility index (Phi) is 9.92. The summed E-state index contributed by atoms with van der Waals surface area (Å²) in [7, 11) is 0. The lowest BCUT2D eigenvalue weighted by Gasteiger charge is -2.26. The van der Waals surface area contributed by atoms with E-state index in [9.17, 15) is 14.7 Å². The minimum Gasteiger partial charge on any atom is -0.465 e. The van der Waals surface area contributed by atoms with E-state index in [1.54, 1.807) is 13.8 Å². The maximum absolute atomic E-state index is 12.1. The van der Waals surface area contributed by atoms with E-state index in [4.69, 9.17) is 9.47 Å². The zero-order chi connectivity index (χ0) is 17.2. The van der Waals surface area contributed by atoms with Crippen molar-refractivity contribution in [1.82, 2.24) is 0 Å². The minimum absolute atomic E-state index is 0.202. The lowest BCUT2D eigenvalue weighted by atomic mass is 9.93. The quantitative estimate of drug-likeness (QED) is 0.338. The lowest BCUT2D eigenvalue weighted by Crippen LogP contribution is -2.40. The van der Waals surface area contributed by atoms with Gasteiger partial charge in [0.1, 0.15) is 16.3 Å². The highest BCUT2D eigenvalue weighted by Gasteiger charge is 2.37. The molecule has 0 aromatic rings. The zero-order valence-electron chi connectivity index (χ0n) is 14.1. The molecule has 0 heterocycles. The number of halogens is 1. The first-order valence-electron chi connectivity index (χ1n) is 7.81. The number of hydrogen-bond donors (Lipinski definition) is 1. The molecule has 0 aliphatic heterocycles. The van der Waals surface area contributed by atoms with Crippen LogP contribution in [0.4, 0.5) is 0 Å². The highest BCUT2D eigenvalue weighted by molar-refractivity contribution is 9.10. The van der Waals surface area contributed by atoms with Crippen LogP contribution < -0.4 is 0 Å². The molecule has 130 valence electrons. The van der Waals surface area contributed by atoms with E-state index in [-0.39, 0.29) is 6.61 Å². The molecule has 0 saturated carbocycles. The van der Waals surface area contributed by atoms with Gasteiger partial charge in [-0.25, -0.2) is 0 Å². The average molecular weight is 381 g/mol. The molecule has 0 bridgehead atoms. The molecule has 5 nitrogen and oxygen atoms in total. The summed E-state index contributed by atoms with van der Waals surface area (Å²) in [6, 6.07) is 0.